The van der Waals surface area contributed by atoms with Crippen molar-refractivity contribution in [1.82, 2.24) is 0 Å². The van der Waals surface area contributed by atoms with Crippen LogP contribution >= 0.6 is 7.82 Å². The van der Waals surface area contributed by atoms with Crippen molar-refractivity contribution in [3.63, 3.8) is 0 Å². The Labute approximate surface area is 122 Å². The Hall–Kier alpha value is -0.830. The summed E-state index contributed by atoms with van der Waals surface area (Å²) in [5.74, 6) is -2.71. The third-order valence-corrected chi connectivity index (χ3v) is 3.10. The van der Waals surface area contributed by atoms with Gasteiger partial charge in [0, 0.05) is 6.61 Å². The molecule has 0 amide bonds. The molecular formula is C11H21O9P. The Balaban J connectivity index is 3.57. The molecule has 0 aromatic rings. The highest BCUT2D eigenvalue weighted by atomic mass is 31.2. The lowest BCUT2D eigenvalue weighted by Crippen LogP contribution is -2.20. The number of aliphatic carboxylic acids is 1. The second-order valence-electron chi connectivity index (χ2n) is 3.88. The summed E-state index contributed by atoms with van der Waals surface area (Å²) in [7, 11) is -4.19. The van der Waals surface area contributed by atoms with Crippen LogP contribution < -0.4 is 0 Å². The van der Waals surface area contributed by atoms with Crippen molar-refractivity contribution in [3.05, 3.63) is 0 Å². The minimum absolute atomic E-state index is 0.0875. The van der Waals surface area contributed by atoms with E-state index >= 15 is 0 Å². The highest BCUT2D eigenvalue weighted by Crippen LogP contribution is 2.42. The summed E-state index contributed by atoms with van der Waals surface area (Å²) < 4.78 is 30.3. The molecule has 0 bridgehead atoms. The molecule has 0 radical (unpaired) electrons. The number of rotatable bonds is 14. The van der Waals surface area contributed by atoms with E-state index in [1.165, 1.54) is 0 Å². The van der Waals surface area contributed by atoms with Gasteiger partial charge in [-0.15, -0.1) is 0 Å². The number of phosphoric ester groups is 1. The first-order valence-corrected chi connectivity index (χ1v) is 7.92. The first-order valence-electron chi connectivity index (χ1n) is 6.42. The second-order valence-corrected chi connectivity index (χ2v) is 5.34. The van der Waals surface area contributed by atoms with E-state index in [4.69, 9.17) is 9.84 Å². The number of phosphoric acid groups is 1. The normalized spacial score (nSPS) is 13.8. The van der Waals surface area contributed by atoms with Gasteiger partial charge in [-0.2, -0.15) is 0 Å². The maximum atomic E-state index is 11.3. The van der Waals surface area contributed by atoms with Crippen LogP contribution in [-0.4, -0.2) is 61.4 Å². The smallest absolute Gasteiger partial charge is 0.472 e. The average Bonchev–Trinajstić information content (AvgIpc) is 2.41. The third kappa shape index (κ3) is 12.6. The predicted molar refractivity (Wildman–Crippen MR) is 70.9 cm³/mol. The molecule has 0 heterocycles. The van der Waals surface area contributed by atoms with Gasteiger partial charge in [0.25, 0.3) is 5.78 Å². The van der Waals surface area contributed by atoms with Crippen LogP contribution in [-0.2, 0) is 32.7 Å². The van der Waals surface area contributed by atoms with E-state index in [2.05, 4.69) is 13.8 Å². The van der Waals surface area contributed by atoms with E-state index in [1.54, 1.807) is 0 Å². The summed E-state index contributed by atoms with van der Waals surface area (Å²) in [4.78, 5) is 30.1. The van der Waals surface area contributed by atoms with Crippen LogP contribution in [0.1, 0.15) is 19.8 Å². The molecule has 0 rings (SSSR count). The largest absolute Gasteiger partial charge is 0.475 e. The van der Waals surface area contributed by atoms with Gasteiger partial charge in [0.2, 0.25) is 0 Å². The standard InChI is InChI=1S/C11H21O9P/c1-2-3-4-17-5-7-19-21(15,16)20-8-6-18-9-10(12)11(13)14/h2-9H2,1H3,(H,13,14)(H,15,16). The molecule has 9 nitrogen and oxygen atoms in total. The van der Waals surface area contributed by atoms with Crippen molar-refractivity contribution in [2.45, 2.75) is 19.8 Å². The predicted octanol–water partition coefficient (Wildman–Crippen LogP) is 0.607. The second kappa shape index (κ2) is 11.8. The molecular weight excluding hydrogens is 307 g/mol. The van der Waals surface area contributed by atoms with E-state index < -0.39 is 26.2 Å². The van der Waals surface area contributed by atoms with Crippen molar-refractivity contribution in [3.8, 4) is 0 Å². The number of carboxylic acid groups (broad SMARTS) is 1. The molecule has 0 aromatic carbocycles. The van der Waals surface area contributed by atoms with E-state index in [9.17, 15) is 19.0 Å². The fourth-order valence-corrected chi connectivity index (χ4v) is 1.72. The zero-order valence-electron chi connectivity index (χ0n) is 11.9. The van der Waals surface area contributed by atoms with Crippen LogP contribution in [0.2, 0.25) is 0 Å². The van der Waals surface area contributed by atoms with Crippen molar-refractivity contribution in [1.29, 1.82) is 0 Å². The van der Waals surface area contributed by atoms with Crippen molar-refractivity contribution in [2.24, 2.45) is 0 Å². The fraction of sp³-hybridized carbons (Fsp3) is 0.818. The number of hydrogen-bond acceptors (Lipinski definition) is 7. The zero-order chi connectivity index (χ0) is 16.1. The Morgan fingerprint density at radius 2 is 1.57 bits per heavy atom. The Bertz CT molecular complexity index is 358. The molecule has 0 spiro atoms. The lowest BCUT2D eigenvalue weighted by Gasteiger charge is -2.12. The average molecular weight is 328 g/mol. The van der Waals surface area contributed by atoms with Crippen molar-refractivity contribution >= 4 is 19.6 Å². The lowest BCUT2D eigenvalue weighted by atomic mass is 10.4. The molecule has 0 aliphatic heterocycles. The van der Waals surface area contributed by atoms with E-state index in [-0.39, 0.29) is 26.4 Å². The molecule has 0 saturated heterocycles. The van der Waals surface area contributed by atoms with Gasteiger partial charge in [-0.3, -0.25) is 13.8 Å². The fourth-order valence-electron chi connectivity index (χ4n) is 1.04. The highest BCUT2D eigenvalue weighted by molar-refractivity contribution is 7.47. The number of carbonyl (C=O) groups is 2. The van der Waals surface area contributed by atoms with Gasteiger partial charge in [-0.25, -0.2) is 9.36 Å². The van der Waals surface area contributed by atoms with Gasteiger partial charge in [-0.1, -0.05) is 13.3 Å². The molecule has 0 aliphatic carbocycles. The monoisotopic (exact) mass is 328 g/mol. The number of carbonyl (C=O) groups excluding carboxylic acids is 1. The van der Waals surface area contributed by atoms with Crippen LogP contribution in [0, 0.1) is 0 Å². The van der Waals surface area contributed by atoms with Gasteiger partial charge in [-0.05, 0) is 6.42 Å². The van der Waals surface area contributed by atoms with E-state index in [0.29, 0.717) is 6.61 Å². The lowest BCUT2D eigenvalue weighted by molar-refractivity contribution is -0.151. The van der Waals surface area contributed by atoms with Gasteiger partial charge >= 0.3 is 13.8 Å². The number of Topliss-reactive ketones (excluding diaryl/α,β-unsaturated/α-hetero) is 1. The molecule has 1 unspecified atom stereocenters. The highest BCUT2D eigenvalue weighted by Gasteiger charge is 2.20. The van der Waals surface area contributed by atoms with E-state index in [0.717, 1.165) is 12.8 Å². The summed E-state index contributed by atoms with van der Waals surface area (Å²) in [5.41, 5.74) is 0. The number of ether oxygens (including phenoxy) is 2. The topological polar surface area (TPSA) is 129 Å². The van der Waals surface area contributed by atoms with Crippen LogP contribution in [0.3, 0.4) is 0 Å². The van der Waals surface area contributed by atoms with E-state index in [1.807, 2.05) is 6.92 Å². The molecule has 0 aromatic heterocycles. The minimum atomic E-state index is -4.19. The zero-order valence-corrected chi connectivity index (χ0v) is 12.8. The molecule has 21 heavy (non-hydrogen) atoms. The first-order chi connectivity index (χ1) is 9.89. The summed E-state index contributed by atoms with van der Waals surface area (Å²) >= 11 is 0. The number of unbranched alkanes of at least 4 members (excludes halogenated alkanes) is 1. The van der Waals surface area contributed by atoms with Crippen LogP contribution in [0.4, 0.5) is 0 Å². The van der Waals surface area contributed by atoms with Gasteiger partial charge in [0.1, 0.15) is 6.61 Å². The summed E-state index contributed by atoms with van der Waals surface area (Å²) in [6.45, 7) is 1.52. The minimum Gasteiger partial charge on any atom is -0.475 e. The molecule has 2 N–H and O–H groups in total. The summed E-state index contributed by atoms with van der Waals surface area (Å²) in [6, 6.07) is 0. The summed E-state index contributed by atoms with van der Waals surface area (Å²) in [6.07, 6.45) is 1.90. The Kier molecular flexibility index (Phi) is 11.3. The summed E-state index contributed by atoms with van der Waals surface area (Å²) in [5, 5.41) is 8.27. The van der Waals surface area contributed by atoms with Gasteiger partial charge in [0.15, 0.2) is 0 Å². The maximum Gasteiger partial charge on any atom is 0.472 e. The van der Waals surface area contributed by atoms with Crippen molar-refractivity contribution < 1.29 is 42.7 Å². The van der Waals surface area contributed by atoms with Crippen LogP contribution in [0.15, 0.2) is 0 Å². The molecule has 124 valence electrons. The Morgan fingerprint density at radius 1 is 1.00 bits per heavy atom. The van der Waals surface area contributed by atoms with Crippen molar-refractivity contribution in [2.75, 3.05) is 39.6 Å². The molecule has 1 atom stereocenters. The number of hydrogen-bond donors (Lipinski definition) is 2. The SMILES string of the molecule is CCCCOCCOP(=O)(O)OCCOCC(=O)C(=O)O. The number of ketones is 1. The molecule has 0 aliphatic rings. The maximum absolute atomic E-state index is 11.3. The Morgan fingerprint density at radius 3 is 2.10 bits per heavy atom. The first kappa shape index (κ1) is 20.2. The number of carboxylic acids is 1. The molecule has 0 fully saturated rings. The molecule has 0 saturated carbocycles. The molecule has 10 heteroatoms. The quantitative estimate of drug-likeness (QED) is 0.267. The van der Waals surface area contributed by atoms with Gasteiger partial charge in [0.05, 0.1) is 26.4 Å². The van der Waals surface area contributed by atoms with Gasteiger partial charge < -0.3 is 19.5 Å². The van der Waals surface area contributed by atoms with Crippen LogP contribution in [0.25, 0.3) is 0 Å². The third-order valence-electron chi connectivity index (χ3n) is 2.08. The van der Waals surface area contributed by atoms with Crippen LogP contribution in [0.5, 0.6) is 0 Å².